The number of ether oxygens (including phenoxy) is 3. The number of nitrogens with one attached hydrogen (secondary N) is 2. The second-order valence-electron chi connectivity index (χ2n) is 4.67. The number of hydrogen-bond donors (Lipinski definition) is 2. The largest absolute Gasteiger partial charge is 0.493 e. The molecule has 0 fully saturated rings. The molecule has 2 aromatic rings. The molecule has 110 valence electrons. The number of esters is 1. The van der Waals surface area contributed by atoms with Crippen molar-refractivity contribution >= 4 is 5.97 Å². The molecule has 0 aliphatic carbocycles. The number of cyclic esters (lactones) is 1. The highest BCUT2D eigenvalue weighted by molar-refractivity contribution is 5.98. The topological polar surface area (TPSA) is 93.4 Å². The number of aryl methyl sites for hydroxylation is 1. The van der Waals surface area contributed by atoms with Gasteiger partial charge in [-0.1, -0.05) is 6.07 Å². The predicted octanol–water partition coefficient (Wildman–Crippen LogP) is 1.29. The monoisotopic (exact) mass is 290 g/mol. The van der Waals surface area contributed by atoms with Gasteiger partial charge in [0.15, 0.2) is 17.6 Å². The third-order valence-electron chi connectivity index (χ3n) is 3.56. The minimum Gasteiger partial charge on any atom is -0.493 e. The smallest absolute Gasteiger partial charge is 0.343 e. The van der Waals surface area contributed by atoms with Gasteiger partial charge in [-0.25, -0.2) is 4.79 Å². The minimum absolute atomic E-state index is 0.293. The van der Waals surface area contributed by atoms with E-state index in [0.29, 0.717) is 33.9 Å². The molecule has 7 nitrogen and oxygen atoms in total. The summed E-state index contributed by atoms with van der Waals surface area (Å²) in [4.78, 5) is 24.0. The quantitative estimate of drug-likeness (QED) is 0.831. The summed E-state index contributed by atoms with van der Waals surface area (Å²) in [5.41, 5.74) is 1.58. The lowest BCUT2D eigenvalue weighted by atomic mass is 9.98. The van der Waals surface area contributed by atoms with Gasteiger partial charge in [-0.15, -0.1) is 0 Å². The van der Waals surface area contributed by atoms with E-state index in [1.54, 1.807) is 19.1 Å². The summed E-state index contributed by atoms with van der Waals surface area (Å²) >= 11 is 0. The number of carbonyl (C=O) groups excluding carboxylic acids is 1. The van der Waals surface area contributed by atoms with E-state index in [9.17, 15) is 9.59 Å². The molecule has 1 aliphatic rings. The molecule has 0 bridgehead atoms. The van der Waals surface area contributed by atoms with E-state index in [1.807, 2.05) is 0 Å². The van der Waals surface area contributed by atoms with Crippen LogP contribution in [0.4, 0.5) is 0 Å². The first-order valence-electron chi connectivity index (χ1n) is 6.31. The van der Waals surface area contributed by atoms with Crippen LogP contribution in [0, 0.1) is 6.92 Å². The van der Waals surface area contributed by atoms with Crippen molar-refractivity contribution < 1.29 is 19.0 Å². The van der Waals surface area contributed by atoms with Crippen LogP contribution in [0.15, 0.2) is 16.9 Å². The molecular weight excluding hydrogens is 276 g/mol. The second-order valence-corrected chi connectivity index (χ2v) is 4.67. The Balaban J connectivity index is 2.22. The number of fused-ring (bicyclic) bond motifs is 1. The molecule has 0 saturated heterocycles. The standard InChI is InChI=1S/C14H14N2O5/c1-6-9(13(17)16-15-6)11-7-4-5-8(19-2)12(20-3)10(7)14(18)21-11/h4-5,11H,1-3H3,(H2,15,16,17)/t11-/m0/s1. The zero-order valence-corrected chi connectivity index (χ0v) is 11.8. The van der Waals surface area contributed by atoms with Gasteiger partial charge in [-0.05, 0) is 13.0 Å². The van der Waals surface area contributed by atoms with Crippen LogP contribution in [0.1, 0.15) is 33.3 Å². The van der Waals surface area contributed by atoms with Crippen molar-refractivity contribution in [2.24, 2.45) is 0 Å². The first kappa shape index (κ1) is 13.3. The third-order valence-corrected chi connectivity index (χ3v) is 3.56. The molecule has 1 atom stereocenters. The van der Waals surface area contributed by atoms with Crippen LogP contribution < -0.4 is 15.0 Å². The maximum atomic E-state index is 12.2. The molecule has 2 heterocycles. The Labute approximate surface area is 119 Å². The Morgan fingerprint density at radius 3 is 2.48 bits per heavy atom. The molecule has 0 unspecified atom stereocenters. The van der Waals surface area contributed by atoms with Crippen molar-refractivity contribution in [3.63, 3.8) is 0 Å². The fourth-order valence-corrected chi connectivity index (χ4v) is 2.59. The highest BCUT2D eigenvalue weighted by Gasteiger charge is 2.39. The van der Waals surface area contributed by atoms with E-state index in [4.69, 9.17) is 14.2 Å². The number of rotatable bonds is 3. The normalized spacial score (nSPS) is 16.5. The van der Waals surface area contributed by atoms with E-state index in [-0.39, 0.29) is 5.56 Å². The maximum Gasteiger partial charge on any atom is 0.343 e. The Hall–Kier alpha value is -2.70. The first-order valence-corrected chi connectivity index (χ1v) is 6.31. The van der Waals surface area contributed by atoms with Gasteiger partial charge in [0, 0.05) is 11.3 Å². The minimum atomic E-state index is -0.748. The lowest BCUT2D eigenvalue weighted by Gasteiger charge is -2.11. The summed E-state index contributed by atoms with van der Waals surface area (Å²) < 4.78 is 15.8. The van der Waals surface area contributed by atoms with Crippen molar-refractivity contribution in [1.29, 1.82) is 0 Å². The van der Waals surface area contributed by atoms with Gasteiger partial charge in [0.05, 0.1) is 19.8 Å². The van der Waals surface area contributed by atoms with E-state index in [1.165, 1.54) is 14.2 Å². The lowest BCUT2D eigenvalue weighted by Crippen LogP contribution is -2.13. The molecule has 2 N–H and O–H groups in total. The number of aromatic amines is 2. The number of hydrogen-bond acceptors (Lipinski definition) is 5. The van der Waals surface area contributed by atoms with Crippen LogP contribution in [-0.4, -0.2) is 30.4 Å². The number of H-pyrrole nitrogens is 2. The number of methoxy groups -OCH3 is 2. The first-order chi connectivity index (χ1) is 10.1. The van der Waals surface area contributed by atoms with Crippen LogP contribution in [0.5, 0.6) is 11.5 Å². The molecular formula is C14H14N2O5. The van der Waals surface area contributed by atoms with Crippen LogP contribution >= 0.6 is 0 Å². The maximum absolute atomic E-state index is 12.2. The van der Waals surface area contributed by atoms with Crippen molar-refractivity contribution in [2.75, 3.05) is 14.2 Å². The van der Waals surface area contributed by atoms with Gasteiger partial charge in [-0.3, -0.25) is 9.89 Å². The Morgan fingerprint density at radius 2 is 1.90 bits per heavy atom. The van der Waals surface area contributed by atoms with Crippen LogP contribution in [0.3, 0.4) is 0 Å². The molecule has 7 heteroatoms. The van der Waals surface area contributed by atoms with Gasteiger partial charge in [0.25, 0.3) is 5.56 Å². The fraction of sp³-hybridized carbons (Fsp3) is 0.286. The molecule has 0 radical (unpaired) electrons. The summed E-state index contributed by atoms with van der Waals surface area (Å²) in [7, 11) is 2.94. The van der Waals surface area contributed by atoms with Crippen LogP contribution in [-0.2, 0) is 4.74 Å². The zero-order chi connectivity index (χ0) is 15.1. The van der Waals surface area contributed by atoms with Crippen molar-refractivity contribution in [1.82, 2.24) is 10.2 Å². The van der Waals surface area contributed by atoms with E-state index in [2.05, 4.69) is 10.2 Å². The van der Waals surface area contributed by atoms with Crippen molar-refractivity contribution in [3.8, 4) is 11.5 Å². The number of benzene rings is 1. The summed E-state index contributed by atoms with van der Waals surface area (Å²) in [5, 5.41) is 5.21. The predicted molar refractivity (Wildman–Crippen MR) is 73.0 cm³/mol. The molecule has 1 aromatic carbocycles. The van der Waals surface area contributed by atoms with Gasteiger partial charge in [0.2, 0.25) is 0 Å². The highest BCUT2D eigenvalue weighted by atomic mass is 16.6. The van der Waals surface area contributed by atoms with Crippen LogP contribution in [0.25, 0.3) is 0 Å². The van der Waals surface area contributed by atoms with Crippen molar-refractivity contribution in [3.05, 3.63) is 44.9 Å². The van der Waals surface area contributed by atoms with Crippen LogP contribution in [0.2, 0.25) is 0 Å². The van der Waals surface area contributed by atoms with E-state index >= 15 is 0 Å². The molecule has 1 aliphatic heterocycles. The molecule has 3 rings (SSSR count). The SMILES string of the molecule is COc1ccc2c(c1OC)C(=O)O[C@@H]2c1c(C)[nH][nH]c1=O. The number of aromatic nitrogens is 2. The Bertz CT molecular complexity index is 774. The lowest BCUT2D eigenvalue weighted by molar-refractivity contribution is 0.0451. The second kappa shape index (κ2) is 4.69. The zero-order valence-electron chi connectivity index (χ0n) is 11.8. The van der Waals surface area contributed by atoms with Gasteiger partial charge in [-0.2, -0.15) is 0 Å². The summed E-state index contributed by atoms with van der Waals surface area (Å²) in [6.07, 6.45) is -0.748. The average molecular weight is 290 g/mol. The van der Waals surface area contributed by atoms with Gasteiger partial charge in [0.1, 0.15) is 5.56 Å². The Morgan fingerprint density at radius 1 is 1.14 bits per heavy atom. The summed E-state index contributed by atoms with van der Waals surface area (Å²) in [6.45, 7) is 1.74. The molecule has 0 amide bonds. The Kier molecular flexibility index (Phi) is 2.97. The number of carbonyl (C=O) groups is 1. The molecule has 0 spiro atoms. The third kappa shape index (κ3) is 1.81. The fourth-order valence-electron chi connectivity index (χ4n) is 2.59. The van der Waals surface area contributed by atoms with Gasteiger partial charge < -0.3 is 19.3 Å². The summed E-state index contributed by atoms with van der Waals surface area (Å²) in [6, 6.07) is 3.39. The average Bonchev–Trinajstić information content (AvgIpc) is 2.98. The molecule has 21 heavy (non-hydrogen) atoms. The van der Waals surface area contributed by atoms with Crippen molar-refractivity contribution in [2.45, 2.75) is 13.0 Å². The van der Waals surface area contributed by atoms with Gasteiger partial charge >= 0.3 is 5.97 Å². The highest BCUT2D eigenvalue weighted by Crippen LogP contribution is 2.43. The molecule has 1 aromatic heterocycles. The van der Waals surface area contributed by atoms with E-state index < -0.39 is 12.1 Å². The van der Waals surface area contributed by atoms with E-state index in [0.717, 1.165) is 0 Å². The molecule has 0 saturated carbocycles. The summed E-state index contributed by atoms with van der Waals surface area (Å²) in [5.74, 6) is 0.214.